The van der Waals surface area contributed by atoms with Crippen molar-refractivity contribution in [2.75, 3.05) is 0 Å². The van der Waals surface area contributed by atoms with Crippen LogP contribution in [-0.2, 0) is 0 Å². The van der Waals surface area contributed by atoms with Crippen molar-refractivity contribution < 1.29 is 9.90 Å². The van der Waals surface area contributed by atoms with Crippen molar-refractivity contribution in [2.45, 2.75) is 0 Å². The molecule has 4 rings (SSSR count). The summed E-state index contributed by atoms with van der Waals surface area (Å²) in [6.07, 6.45) is 4.84. The number of benzene rings is 2. The molecule has 0 atom stereocenters. The van der Waals surface area contributed by atoms with Crippen LogP contribution < -0.4 is 0 Å². The van der Waals surface area contributed by atoms with Gasteiger partial charge in [-0.05, 0) is 29.0 Å². The first-order valence-corrected chi connectivity index (χ1v) is 7.32. The lowest BCUT2D eigenvalue weighted by Crippen LogP contribution is -2.13. The van der Waals surface area contributed by atoms with Crippen LogP contribution in [0, 0.1) is 0 Å². The van der Waals surface area contributed by atoms with Crippen LogP contribution in [0.25, 0.3) is 22.0 Å². The Balaban J connectivity index is 1.81. The molecule has 0 aliphatic heterocycles. The summed E-state index contributed by atoms with van der Waals surface area (Å²) in [5, 5.41) is 19.6. The first kappa shape index (κ1) is 14.1. The second-order valence-corrected chi connectivity index (χ2v) is 5.28. The van der Waals surface area contributed by atoms with Crippen molar-refractivity contribution in [1.29, 1.82) is 0 Å². The Kier molecular flexibility index (Phi) is 3.28. The molecule has 2 aromatic carbocycles. The maximum Gasteiger partial charge on any atom is 0.283 e. The zero-order valence-corrected chi connectivity index (χ0v) is 12.5. The normalized spacial score (nSPS) is 10.8. The van der Waals surface area contributed by atoms with Gasteiger partial charge in [0, 0.05) is 18.0 Å². The van der Waals surface area contributed by atoms with Crippen molar-refractivity contribution in [1.82, 2.24) is 20.0 Å². The third-order valence-electron chi connectivity index (χ3n) is 3.78. The standard InChI is InChI=1S/C18H12N4O2/c23-16-8-7-12-4-1-2-6-14(12)17(16)18(24)22-11-15(20-21-22)13-5-3-9-19-10-13/h1-11,23H. The van der Waals surface area contributed by atoms with E-state index in [1.807, 2.05) is 24.3 Å². The van der Waals surface area contributed by atoms with Crippen LogP contribution >= 0.6 is 0 Å². The fourth-order valence-corrected chi connectivity index (χ4v) is 2.61. The molecule has 0 unspecified atom stereocenters. The monoisotopic (exact) mass is 316 g/mol. The van der Waals surface area contributed by atoms with Crippen LogP contribution in [-0.4, -0.2) is 31.0 Å². The van der Waals surface area contributed by atoms with E-state index in [1.165, 1.54) is 12.3 Å². The van der Waals surface area contributed by atoms with E-state index in [9.17, 15) is 9.90 Å². The summed E-state index contributed by atoms with van der Waals surface area (Å²) in [7, 11) is 0. The third kappa shape index (κ3) is 2.30. The van der Waals surface area contributed by atoms with Crippen molar-refractivity contribution >= 4 is 16.7 Å². The first-order valence-electron chi connectivity index (χ1n) is 7.32. The predicted octanol–water partition coefficient (Wildman–Crippen LogP) is 2.89. The molecule has 116 valence electrons. The van der Waals surface area contributed by atoms with Crippen LogP contribution in [0.5, 0.6) is 5.75 Å². The third-order valence-corrected chi connectivity index (χ3v) is 3.78. The molecular formula is C18H12N4O2. The average Bonchev–Trinajstić information content (AvgIpc) is 3.12. The van der Waals surface area contributed by atoms with Crippen LogP contribution in [0.15, 0.2) is 67.1 Å². The van der Waals surface area contributed by atoms with Gasteiger partial charge in [-0.15, -0.1) is 5.10 Å². The van der Waals surface area contributed by atoms with E-state index in [1.54, 1.807) is 30.6 Å². The van der Waals surface area contributed by atoms with E-state index in [2.05, 4.69) is 15.3 Å². The number of pyridine rings is 1. The van der Waals surface area contributed by atoms with Gasteiger partial charge in [-0.2, -0.15) is 4.68 Å². The molecule has 4 aromatic rings. The molecule has 6 heteroatoms. The molecule has 24 heavy (non-hydrogen) atoms. The summed E-state index contributed by atoms with van der Waals surface area (Å²) in [5.41, 5.74) is 1.51. The SMILES string of the molecule is O=C(c1c(O)ccc2ccccc12)n1cc(-c2cccnc2)nn1. The van der Waals surface area contributed by atoms with Crippen LogP contribution in [0.4, 0.5) is 0 Å². The lowest BCUT2D eigenvalue weighted by Gasteiger charge is -2.07. The highest BCUT2D eigenvalue weighted by Crippen LogP contribution is 2.28. The highest BCUT2D eigenvalue weighted by atomic mass is 16.3. The van der Waals surface area contributed by atoms with Gasteiger partial charge in [0.2, 0.25) is 0 Å². The fourth-order valence-electron chi connectivity index (χ4n) is 2.61. The van der Waals surface area contributed by atoms with E-state index in [0.29, 0.717) is 11.1 Å². The molecule has 0 fully saturated rings. The maximum absolute atomic E-state index is 12.8. The van der Waals surface area contributed by atoms with Crippen LogP contribution in [0.1, 0.15) is 10.4 Å². The highest BCUT2D eigenvalue weighted by Gasteiger charge is 2.19. The maximum atomic E-state index is 12.8. The molecule has 0 spiro atoms. The van der Waals surface area contributed by atoms with Gasteiger partial charge in [-0.1, -0.05) is 35.5 Å². The number of nitrogens with zero attached hydrogens (tertiary/aromatic N) is 4. The van der Waals surface area contributed by atoms with Crippen molar-refractivity contribution in [3.05, 3.63) is 72.7 Å². The second kappa shape index (κ2) is 5.58. The molecular weight excluding hydrogens is 304 g/mol. The Bertz CT molecular complexity index is 1040. The number of carbonyl (C=O) groups is 1. The lowest BCUT2D eigenvalue weighted by molar-refractivity contribution is 0.0942. The minimum Gasteiger partial charge on any atom is -0.507 e. The van der Waals surface area contributed by atoms with Gasteiger partial charge in [0.15, 0.2) is 0 Å². The van der Waals surface area contributed by atoms with Crippen molar-refractivity contribution in [3.63, 3.8) is 0 Å². The Morgan fingerprint density at radius 1 is 1.04 bits per heavy atom. The highest BCUT2D eigenvalue weighted by molar-refractivity contribution is 6.10. The average molecular weight is 316 g/mol. The Hall–Kier alpha value is -3.54. The van der Waals surface area contributed by atoms with Crippen LogP contribution in [0.3, 0.4) is 0 Å². The summed E-state index contributed by atoms with van der Waals surface area (Å²) >= 11 is 0. The molecule has 0 saturated carbocycles. The molecule has 0 saturated heterocycles. The van der Waals surface area contributed by atoms with E-state index in [4.69, 9.17) is 0 Å². The second-order valence-electron chi connectivity index (χ2n) is 5.28. The predicted molar refractivity (Wildman–Crippen MR) is 88.6 cm³/mol. The zero-order chi connectivity index (χ0) is 16.5. The number of hydrogen-bond donors (Lipinski definition) is 1. The molecule has 0 radical (unpaired) electrons. The molecule has 0 aliphatic carbocycles. The Morgan fingerprint density at radius 3 is 2.75 bits per heavy atom. The summed E-state index contributed by atoms with van der Waals surface area (Å²) in [6.45, 7) is 0. The van der Waals surface area contributed by atoms with Crippen molar-refractivity contribution in [3.8, 4) is 17.0 Å². The number of aromatic hydroxyl groups is 1. The minimum atomic E-state index is -0.438. The van der Waals surface area contributed by atoms with E-state index in [0.717, 1.165) is 15.6 Å². The number of fused-ring (bicyclic) bond motifs is 1. The summed E-state index contributed by atoms with van der Waals surface area (Å²) in [6, 6.07) is 14.3. The molecule has 0 bridgehead atoms. The quantitative estimate of drug-likeness (QED) is 0.615. The number of aromatic nitrogens is 4. The van der Waals surface area contributed by atoms with Gasteiger partial charge in [-0.25, -0.2) is 0 Å². The topological polar surface area (TPSA) is 80.9 Å². The molecule has 6 nitrogen and oxygen atoms in total. The lowest BCUT2D eigenvalue weighted by atomic mass is 10.0. The van der Waals surface area contributed by atoms with Gasteiger partial charge < -0.3 is 5.11 Å². The van der Waals surface area contributed by atoms with Gasteiger partial charge in [0.25, 0.3) is 5.91 Å². The fraction of sp³-hybridized carbons (Fsp3) is 0. The van der Waals surface area contributed by atoms with E-state index in [-0.39, 0.29) is 11.3 Å². The molecule has 2 aromatic heterocycles. The molecule has 2 heterocycles. The molecule has 0 aliphatic rings. The Morgan fingerprint density at radius 2 is 1.92 bits per heavy atom. The van der Waals surface area contributed by atoms with Gasteiger partial charge in [0.05, 0.1) is 11.8 Å². The van der Waals surface area contributed by atoms with Gasteiger partial charge in [-0.3, -0.25) is 9.78 Å². The smallest absolute Gasteiger partial charge is 0.283 e. The molecule has 0 amide bonds. The number of rotatable bonds is 2. The zero-order valence-electron chi connectivity index (χ0n) is 12.5. The van der Waals surface area contributed by atoms with Crippen LogP contribution in [0.2, 0.25) is 0 Å². The number of carbonyl (C=O) groups excluding carboxylic acids is 1. The van der Waals surface area contributed by atoms with E-state index >= 15 is 0 Å². The van der Waals surface area contributed by atoms with Gasteiger partial charge >= 0.3 is 0 Å². The Labute approximate surface area is 137 Å². The minimum absolute atomic E-state index is 0.0860. The largest absolute Gasteiger partial charge is 0.507 e. The first-order chi connectivity index (χ1) is 11.7. The summed E-state index contributed by atoms with van der Waals surface area (Å²) < 4.78 is 1.13. The summed E-state index contributed by atoms with van der Waals surface area (Å²) in [5.74, 6) is -0.524. The number of phenols is 1. The van der Waals surface area contributed by atoms with E-state index < -0.39 is 5.91 Å². The summed E-state index contributed by atoms with van der Waals surface area (Å²) in [4.78, 5) is 16.8. The molecule has 1 N–H and O–H groups in total. The van der Waals surface area contributed by atoms with Gasteiger partial charge in [0.1, 0.15) is 11.4 Å². The number of phenolic OH excluding ortho intramolecular Hbond substituents is 1. The van der Waals surface area contributed by atoms with Crippen molar-refractivity contribution in [2.24, 2.45) is 0 Å². The number of hydrogen-bond acceptors (Lipinski definition) is 5.